The lowest BCUT2D eigenvalue weighted by Crippen LogP contribution is -2.37. The van der Waals surface area contributed by atoms with Crippen molar-refractivity contribution in [1.82, 2.24) is 0 Å². The largest absolute Gasteiger partial charge is 0.492 e. The highest BCUT2D eigenvalue weighted by atomic mass is 35.5. The number of ether oxygens (including phenoxy) is 1. The van der Waals surface area contributed by atoms with Crippen LogP contribution >= 0.6 is 23.4 Å². The van der Waals surface area contributed by atoms with Gasteiger partial charge in [-0.25, -0.2) is 12.7 Å². The first-order chi connectivity index (χ1) is 12.6. The number of amidine groups is 1. The Morgan fingerprint density at radius 3 is 2.62 bits per heavy atom. The van der Waals surface area contributed by atoms with Crippen molar-refractivity contribution >= 4 is 44.2 Å². The van der Waals surface area contributed by atoms with E-state index in [9.17, 15) is 8.42 Å². The summed E-state index contributed by atoms with van der Waals surface area (Å²) in [6.07, 6.45) is 0.918. The number of thioether (sulfide) groups is 1. The summed E-state index contributed by atoms with van der Waals surface area (Å²) in [5, 5.41) is 0.608. The van der Waals surface area contributed by atoms with Gasteiger partial charge in [0.2, 0.25) is 0 Å². The van der Waals surface area contributed by atoms with Crippen molar-refractivity contribution < 1.29 is 13.2 Å². The van der Waals surface area contributed by atoms with Crippen molar-refractivity contribution in [3.8, 4) is 5.75 Å². The van der Waals surface area contributed by atoms with E-state index in [1.54, 1.807) is 36.4 Å². The van der Waals surface area contributed by atoms with E-state index in [0.29, 0.717) is 29.8 Å². The number of hydrogen-bond acceptors (Lipinski definition) is 5. The number of halogens is 1. The molecule has 0 spiro atoms. The zero-order valence-corrected chi connectivity index (χ0v) is 16.6. The van der Waals surface area contributed by atoms with Gasteiger partial charge in [-0.15, -0.1) is 0 Å². The highest BCUT2D eigenvalue weighted by Gasteiger charge is 2.33. The predicted octanol–water partition coefficient (Wildman–Crippen LogP) is 4.43. The maximum atomic E-state index is 13.5. The number of para-hydroxylation sites is 2. The summed E-state index contributed by atoms with van der Waals surface area (Å²) in [5.41, 5.74) is 0.433. The van der Waals surface area contributed by atoms with Gasteiger partial charge in [-0.2, -0.15) is 0 Å². The Morgan fingerprint density at radius 2 is 1.92 bits per heavy atom. The van der Waals surface area contributed by atoms with E-state index in [1.165, 1.54) is 22.1 Å². The second-order valence-electron chi connectivity index (χ2n) is 5.47. The first kappa shape index (κ1) is 19.1. The Labute approximate surface area is 163 Å². The number of benzene rings is 2. The Balaban J connectivity index is 2.20. The van der Waals surface area contributed by atoms with Gasteiger partial charge in [0, 0.05) is 12.3 Å². The second-order valence-corrected chi connectivity index (χ2v) is 8.69. The lowest BCUT2D eigenvalue weighted by Gasteiger charge is -2.28. The van der Waals surface area contributed by atoms with Crippen molar-refractivity contribution in [1.29, 1.82) is 0 Å². The van der Waals surface area contributed by atoms with Crippen molar-refractivity contribution in [2.75, 3.05) is 23.2 Å². The number of sulfonamides is 1. The van der Waals surface area contributed by atoms with E-state index >= 15 is 0 Å². The first-order valence-corrected chi connectivity index (χ1v) is 11.0. The van der Waals surface area contributed by atoms with Gasteiger partial charge in [-0.3, -0.25) is 4.99 Å². The van der Waals surface area contributed by atoms with E-state index in [4.69, 9.17) is 16.3 Å². The Hall–Kier alpha value is -1.70. The average Bonchev–Trinajstić information content (AvgIpc) is 2.64. The topological polar surface area (TPSA) is 59.0 Å². The third kappa shape index (κ3) is 3.84. The molecule has 0 bridgehead atoms. The van der Waals surface area contributed by atoms with Gasteiger partial charge in [-0.1, -0.05) is 47.6 Å². The van der Waals surface area contributed by atoms with Crippen LogP contribution in [-0.4, -0.2) is 32.5 Å². The molecule has 0 N–H and O–H groups in total. The monoisotopic (exact) mass is 410 g/mol. The molecular weight excluding hydrogens is 392 g/mol. The van der Waals surface area contributed by atoms with Crippen LogP contribution in [0.15, 0.2) is 58.4 Å². The average molecular weight is 411 g/mol. The molecule has 1 heterocycles. The molecule has 0 fully saturated rings. The van der Waals surface area contributed by atoms with Gasteiger partial charge in [0.1, 0.15) is 16.3 Å². The van der Waals surface area contributed by atoms with Gasteiger partial charge in [0.15, 0.2) is 5.17 Å². The molecule has 8 heteroatoms. The number of rotatable bonds is 5. The lowest BCUT2D eigenvalue weighted by molar-refractivity contribution is 0.341. The highest BCUT2D eigenvalue weighted by molar-refractivity contribution is 8.15. The normalized spacial score (nSPS) is 14.6. The molecule has 1 aliphatic heterocycles. The molecule has 0 amide bonds. The maximum absolute atomic E-state index is 13.5. The lowest BCUT2D eigenvalue weighted by atomic mass is 10.3. The third-order valence-corrected chi connectivity index (χ3v) is 7.08. The number of hydrogen-bond donors (Lipinski definition) is 0. The van der Waals surface area contributed by atoms with Gasteiger partial charge >= 0.3 is 0 Å². The SMILES string of the molecule is CCOc1ccccc1N(C1=NCCCS1)S(=O)(=O)c1ccccc1Cl. The summed E-state index contributed by atoms with van der Waals surface area (Å²) >= 11 is 7.61. The molecule has 0 aromatic heterocycles. The van der Waals surface area contributed by atoms with Crippen molar-refractivity contribution in [3.63, 3.8) is 0 Å². The van der Waals surface area contributed by atoms with Gasteiger partial charge < -0.3 is 4.74 Å². The predicted molar refractivity (Wildman–Crippen MR) is 108 cm³/mol. The van der Waals surface area contributed by atoms with Crippen LogP contribution in [0.2, 0.25) is 5.02 Å². The van der Waals surface area contributed by atoms with Crippen LogP contribution < -0.4 is 9.04 Å². The summed E-state index contributed by atoms with van der Waals surface area (Å²) < 4.78 is 33.9. The fraction of sp³-hybridized carbons (Fsp3) is 0.278. The van der Waals surface area contributed by atoms with E-state index < -0.39 is 10.0 Å². The minimum atomic E-state index is -3.96. The molecule has 5 nitrogen and oxygen atoms in total. The third-order valence-electron chi connectivity index (χ3n) is 3.69. The summed E-state index contributed by atoms with van der Waals surface area (Å²) in [5.74, 6) is 1.30. The molecule has 138 valence electrons. The Bertz CT molecular complexity index is 916. The van der Waals surface area contributed by atoms with Gasteiger partial charge in [-0.05, 0) is 37.6 Å². The van der Waals surface area contributed by atoms with Crippen LogP contribution in [0.25, 0.3) is 0 Å². The summed E-state index contributed by atoms with van der Waals surface area (Å²) in [6, 6.07) is 13.5. The zero-order chi connectivity index (χ0) is 18.6. The summed E-state index contributed by atoms with van der Waals surface area (Å²) in [4.78, 5) is 4.50. The van der Waals surface area contributed by atoms with Crippen molar-refractivity contribution in [2.24, 2.45) is 4.99 Å². The van der Waals surface area contributed by atoms with E-state index in [1.807, 2.05) is 13.0 Å². The smallest absolute Gasteiger partial charge is 0.271 e. The molecule has 0 atom stereocenters. The molecule has 26 heavy (non-hydrogen) atoms. The summed E-state index contributed by atoms with van der Waals surface area (Å²) in [6.45, 7) is 2.88. The molecule has 0 unspecified atom stereocenters. The number of anilines is 1. The molecule has 0 aliphatic carbocycles. The molecule has 0 saturated carbocycles. The Kier molecular flexibility index (Phi) is 6.11. The van der Waals surface area contributed by atoms with E-state index in [-0.39, 0.29) is 9.92 Å². The van der Waals surface area contributed by atoms with Crippen LogP contribution in [0.5, 0.6) is 5.75 Å². The minimum Gasteiger partial charge on any atom is -0.492 e. The molecule has 3 rings (SSSR count). The molecule has 2 aromatic rings. The Morgan fingerprint density at radius 1 is 1.19 bits per heavy atom. The number of aliphatic imine (C=N–C) groups is 1. The van der Waals surface area contributed by atoms with Crippen LogP contribution in [-0.2, 0) is 10.0 Å². The number of nitrogens with zero attached hydrogens (tertiary/aromatic N) is 2. The molecule has 1 aliphatic rings. The molecule has 0 radical (unpaired) electrons. The van der Waals surface area contributed by atoms with Crippen LogP contribution in [0, 0.1) is 0 Å². The first-order valence-electron chi connectivity index (χ1n) is 8.24. The fourth-order valence-electron chi connectivity index (χ4n) is 2.56. The van der Waals surface area contributed by atoms with Gasteiger partial charge in [0.25, 0.3) is 10.0 Å². The van der Waals surface area contributed by atoms with E-state index in [2.05, 4.69) is 4.99 Å². The van der Waals surface area contributed by atoms with Crippen LogP contribution in [0.3, 0.4) is 0 Å². The summed E-state index contributed by atoms with van der Waals surface area (Å²) in [7, 11) is -3.96. The quantitative estimate of drug-likeness (QED) is 0.731. The molecular formula is C18H19ClN2O3S2. The standard InChI is InChI=1S/C18H19ClN2O3S2/c1-2-24-16-10-5-4-9-15(16)21(18-20-12-7-13-25-18)26(22,23)17-11-6-3-8-14(17)19/h3-6,8-11H,2,7,12-13H2,1H3. The second kappa shape index (κ2) is 8.33. The van der Waals surface area contributed by atoms with Crippen molar-refractivity contribution in [2.45, 2.75) is 18.2 Å². The highest BCUT2D eigenvalue weighted by Crippen LogP contribution is 2.37. The fourth-order valence-corrected chi connectivity index (χ4v) is 5.73. The maximum Gasteiger partial charge on any atom is 0.271 e. The van der Waals surface area contributed by atoms with E-state index in [0.717, 1.165) is 12.2 Å². The van der Waals surface area contributed by atoms with Gasteiger partial charge in [0.05, 0.1) is 11.6 Å². The minimum absolute atomic E-state index is 0.0434. The van der Waals surface area contributed by atoms with Crippen LogP contribution in [0.4, 0.5) is 5.69 Å². The molecule has 2 aromatic carbocycles. The molecule has 0 saturated heterocycles. The van der Waals surface area contributed by atoms with Crippen LogP contribution in [0.1, 0.15) is 13.3 Å². The van der Waals surface area contributed by atoms with Crippen molar-refractivity contribution in [3.05, 3.63) is 53.6 Å². The zero-order valence-electron chi connectivity index (χ0n) is 14.3.